The Hall–Kier alpha value is -0.0800. The van der Waals surface area contributed by atoms with Crippen molar-refractivity contribution in [2.45, 2.75) is 85.4 Å². The molecule has 1 saturated heterocycles. The van der Waals surface area contributed by atoms with Crippen molar-refractivity contribution in [2.75, 3.05) is 13.1 Å². The van der Waals surface area contributed by atoms with E-state index in [0.29, 0.717) is 11.5 Å². The van der Waals surface area contributed by atoms with Crippen LogP contribution in [0.2, 0.25) is 0 Å². The van der Waals surface area contributed by atoms with Crippen molar-refractivity contribution in [2.24, 2.45) is 17.3 Å². The summed E-state index contributed by atoms with van der Waals surface area (Å²) in [6.07, 6.45) is 5.55. The van der Waals surface area contributed by atoms with Crippen molar-refractivity contribution < 1.29 is 0 Å². The Balaban J connectivity index is 2.19. The van der Waals surface area contributed by atoms with Gasteiger partial charge in [-0.3, -0.25) is 4.90 Å². The first kappa shape index (κ1) is 16.3. The van der Waals surface area contributed by atoms with E-state index in [9.17, 15) is 0 Å². The van der Waals surface area contributed by atoms with E-state index in [2.05, 4.69) is 51.8 Å². The Morgan fingerprint density at radius 3 is 2.55 bits per heavy atom. The van der Waals surface area contributed by atoms with Crippen molar-refractivity contribution in [1.82, 2.24) is 10.2 Å². The molecule has 0 aromatic carbocycles. The monoisotopic (exact) mass is 280 g/mol. The van der Waals surface area contributed by atoms with E-state index >= 15 is 0 Å². The van der Waals surface area contributed by atoms with Crippen LogP contribution in [0.15, 0.2) is 0 Å². The van der Waals surface area contributed by atoms with Crippen LogP contribution in [0.5, 0.6) is 0 Å². The summed E-state index contributed by atoms with van der Waals surface area (Å²) in [6.45, 7) is 16.9. The molecular weight excluding hydrogens is 244 g/mol. The van der Waals surface area contributed by atoms with Gasteiger partial charge in [0.2, 0.25) is 0 Å². The highest BCUT2D eigenvalue weighted by Gasteiger charge is 2.44. The molecule has 1 aliphatic carbocycles. The summed E-state index contributed by atoms with van der Waals surface area (Å²) in [4.78, 5) is 2.85. The van der Waals surface area contributed by atoms with Gasteiger partial charge < -0.3 is 5.32 Å². The molecule has 0 bridgehead atoms. The number of nitrogens with zero attached hydrogens (tertiary/aromatic N) is 1. The number of likely N-dealkylation sites (tertiary alicyclic amines) is 1. The third kappa shape index (κ3) is 3.22. The van der Waals surface area contributed by atoms with Crippen LogP contribution in [0, 0.1) is 17.3 Å². The van der Waals surface area contributed by atoms with Crippen LogP contribution in [0.3, 0.4) is 0 Å². The fourth-order valence-electron chi connectivity index (χ4n) is 4.80. The van der Waals surface area contributed by atoms with Crippen LogP contribution in [-0.4, -0.2) is 36.1 Å². The van der Waals surface area contributed by atoms with Gasteiger partial charge >= 0.3 is 0 Å². The first-order valence-corrected chi connectivity index (χ1v) is 8.86. The van der Waals surface area contributed by atoms with Crippen LogP contribution in [0.1, 0.15) is 67.2 Å². The maximum atomic E-state index is 3.83. The molecule has 0 spiro atoms. The lowest BCUT2D eigenvalue weighted by Gasteiger charge is -2.53. The zero-order valence-electron chi connectivity index (χ0n) is 14.6. The summed E-state index contributed by atoms with van der Waals surface area (Å²) in [5.74, 6) is 1.69. The predicted molar refractivity (Wildman–Crippen MR) is 88.0 cm³/mol. The topological polar surface area (TPSA) is 15.3 Å². The second-order valence-corrected chi connectivity index (χ2v) is 8.24. The van der Waals surface area contributed by atoms with E-state index in [4.69, 9.17) is 0 Å². The molecule has 5 atom stereocenters. The van der Waals surface area contributed by atoms with Crippen molar-refractivity contribution in [3.05, 3.63) is 0 Å². The zero-order chi connectivity index (χ0) is 14.9. The number of rotatable bonds is 3. The molecule has 118 valence electrons. The fraction of sp³-hybridized carbons (Fsp3) is 1.00. The summed E-state index contributed by atoms with van der Waals surface area (Å²) in [5, 5.41) is 3.83. The van der Waals surface area contributed by atoms with Gasteiger partial charge in [-0.05, 0) is 50.0 Å². The summed E-state index contributed by atoms with van der Waals surface area (Å²) in [7, 11) is 0. The number of nitrogens with one attached hydrogen (secondary N) is 1. The van der Waals surface area contributed by atoms with E-state index < -0.39 is 0 Å². The smallest absolute Gasteiger partial charge is 0.0274 e. The fourth-order valence-corrected chi connectivity index (χ4v) is 4.80. The molecule has 5 unspecified atom stereocenters. The van der Waals surface area contributed by atoms with E-state index in [-0.39, 0.29) is 0 Å². The normalized spacial score (nSPS) is 42.6. The van der Waals surface area contributed by atoms with Gasteiger partial charge in [-0.2, -0.15) is 0 Å². The van der Waals surface area contributed by atoms with Crippen molar-refractivity contribution in [3.63, 3.8) is 0 Å². The maximum Gasteiger partial charge on any atom is 0.0274 e. The van der Waals surface area contributed by atoms with E-state index in [1.807, 2.05) is 0 Å². The average Bonchev–Trinajstić information content (AvgIpc) is 2.36. The first-order chi connectivity index (χ1) is 9.36. The Morgan fingerprint density at radius 1 is 1.20 bits per heavy atom. The molecule has 2 fully saturated rings. The molecule has 1 saturated carbocycles. The summed E-state index contributed by atoms with van der Waals surface area (Å²) >= 11 is 0. The van der Waals surface area contributed by atoms with Gasteiger partial charge in [0.1, 0.15) is 0 Å². The van der Waals surface area contributed by atoms with E-state index in [1.54, 1.807) is 0 Å². The second kappa shape index (κ2) is 6.36. The Labute approximate surface area is 126 Å². The largest absolute Gasteiger partial charge is 0.312 e. The third-order valence-electron chi connectivity index (χ3n) is 6.04. The quantitative estimate of drug-likeness (QED) is 0.843. The average molecular weight is 280 g/mol. The number of hydrogen-bond acceptors (Lipinski definition) is 2. The van der Waals surface area contributed by atoms with Crippen molar-refractivity contribution >= 4 is 0 Å². The van der Waals surface area contributed by atoms with Crippen LogP contribution in [0.25, 0.3) is 0 Å². The maximum absolute atomic E-state index is 3.83. The molecule has 0 radical (unpaired) electrons. The lowest BCUT2D eigenvalue weighted by molar-refractivity contribution is -0.0195. The number of likely N-dealkylation sites (N-methyl/N-ethyl adjacent to an activating group) is 1. The predicted octanol–water partition coefficient (Wildman–Crippen LogP) is 3.91. The highest BCUT2D eigenvalue weighted by molar-refractivity contribution is 5.00. The third-order valence-corrected chi connectivity index (χ3v) is 6.04. The standard InChI is InChI=1S/C18H36N2/c1-7-19-17-16(9-8-10-18(17,5)6)20-12-13(2)11-14(3)15(20)4/h13-17,19H,7-12H2,1-6H3. The van der Waals surface area contributed by atoms with Crippen LogP contribution < -0.4 is 5.32 Å². The summed E-state index contributed by atoms with van der Waals surface area (Å²) < 4.78 is 0. The molecule has 0 aromatic heterocycles. The highest BCUT2D eigenvalue weighted by Crippen LogP contribution is 2.40. The minimum atomic E-state index is 0.433. The number of piperidine rings is 1. The van der Waals surface area contributed by atoms with Crippen LogP contribution >= 0.6 is 0 Å². The minimum Gasteiger partial charge on any atom is -0.312 e. The van der Waals surface area contributed by atoms with Crippen molar-refractivity contribution in [1.29, 1.82) is 0 Å². The molecule has 0 amide bonds. The summed E-state index contributed by atoms with van der Waals surface area (Å²) in [6, 6.07) is 2.13. The molecule has 2 heteroatoms. The molecular formula is C18H36N2. The van der Waals surface area contributed by atoms with Gasteiger partial charge in [-0.15, -0.1) is 0 Å². The van der Waals surface area contributed by atoms with Gasteiger partial charge in [-0.25, -0.2) is 0 Å². The van der Waals surface area contributed by atoms with Gasteiger partial charge in [0.15, 0.2) is 0 Å². The van der Waals surface area contributed by atoms with Crippen molar-refractivity contribution in [3.8, 4) is 0 Å². The molecule has 2 aliphatic rings. The molecule has 2 rings (SSSR count). The van der Waals surface area contributed by atoms with Gasteiger partial charge in [0, 0.05) is 24.7 Å². The first-order valence-electron chi connectivity index (χ1n) is 8.86. The van der Waals surface area contributed by atoms with Gasteiger partial charge in [0.25, 0.3) is 0 Å². The number of hydrogen-bond donors (Lipinski definition) is 1. The Bertz CT molecular complexity index is 313. The second-order valence-electron chi connectivity index (χ2n) is 8.24. The minimum absolute atomic E-state index is 0.433. The lowest BCUT2D eigenvalue weighted by Crippen LogP contribution is -2.63. The summed E-state index contributed by atoms with van der Waals surface area (Å²) in [5.41, 5.74) is 0.433. The highest BCUT2D eigenvalue weighted by atomic mass is 15.2. The van der Waals surface area contributed by atoms with Crippen LogP contribution in [0.4, 0.5) is 0 Å². The molecule has 1 aliphatic heterocycles. The Morgan fingerprint density at radius 2 is 1.90 bits per heavy atom. The molecule has 2 nitrogen and oxygen atoms in total. The van der Waals surface area contributed by atoms with Crippen LogP contribution in [-0.2, 0) is 0 Å². The molecule has 1 heterocycles. The lowest BCUT2D eigenvalue weighted by atomic mass is 9.69. The zero-order valence-corrected chi connectivity index (χ0v) is 14.6. The van der Waals surface area contributed by atoms with Gasteiger partial charge in [-0.1, -0.05) is 41.0 Å². The van der Waals surface area contributed by atoms with E-state index in [1.165, 1.54) is 32.2 Å². The molecule has 20 heavy (non-hydrogen) atoms. The van der Waals surface area contributed by atoms with Gasteiger partial charge in [0.05, 0.1) is 0 Å². The molecule has 1 N–H and O–H groups in total. The molecule has 0 aromatic rings. The SMILES string of the molecule is CCNC1C(N2CC(C)CC(C)C2C)CCCC1(C)C. The Kier molecular flexibility index (Phi) is 5.18. The van der Waals surface area contributed by atoms with E-state index in [0.717, 1.165) is 30.5 Å².